The lowest BCUT2D eigenvalue weighted by molar-refractivity contribution is 0.0143. The number of hydrogen-bond donors (Lipinski definition) is 1. The average molecular weight is 238 g/mol. The first-order chi connectivity index (χ1) is 8.09. The van der Waals surface area contributed by atoms with E-state index in [9.17, 15) is 4.79 Å². The van der Waals surface area contributed by atoms with E-state index in [0.717, 1.165) is 5.56 Å². The zero-order chi connectivity index (χ0) is 12.7. The summed E-state index contributed by atoms with van der Waals surface area (Å²) in [6.45, 7) is 5.40. The van der Waals surface area contributed by atoms with Crippen molar-refractivity contribution >= 4 is 5.97 Å². The summed E-state index contributed by atoms with van der Waals surface area (Å²) in [4.78, 5) is 10.7. The third-order valence-electron chi connectivity index (χ3n) is 2.12. The molecule has 0 aliphatic carbocycles. The monoisotopic (exact) mass is 238 g/mol. The van der Waals surface area contributed by atoms with Gasteiger partial charge in [0.1, 0.15) is 0 Å². The van der Waals surface area contributed by atoms with Crippen molar-refractivity contribution in [2.45, 2.75) is 26.6 Å². The molecule has 0 atom stereocenters. The lowest BCUT2D eigenvalue weighted by Crippen LogP contribution is -2.09. The Kier molecular flexibility index (Phi) is 5.66. The van der Waals surface area contributed by atoms with Gasteiger partial charge in [-0.25, -0.2) is 4.79 Å². The molecule has 1 aromatic carbocycles. The van der Waals surface area contributed by atoms with E-state index in [4.69, 9.17) is 14.6 Å². The minimum Gasteiger partial charge on any atom is -0.478 e. The van der Waals surface area contributed by atoms with Gasteiger partial charge in [-0.15, -0.1) is 0 Å². The Morgan fingerprint density at radius 3 is 2.76 bits per heavy atom. The van der Waals surface area contributed by atoms with Crippen LogP contribution in [0, 0.1) is 0 Å². The minimum absolute atomic E-state index is 0.203. The molecule has 0 spiro atoms. The second-order valence-electron chi connectivity index (χ2n) is 3.98. The van der Waals surface area contributed by atoms with E-state index in [1.807, 2.05) is 19.9 Å². The van der Waals surface area contributed by atoms with Gasteiger partial charge >= 0.3 is 5.97 Å². The van der Waals surface area contributed by atoms with Crippen LogP contribution in [0.2, 0.25) is 0 Å². The summed E-state index contributed by atoms with van der Waals surface area (Å²) in [5.41, 5.74) is 1.14. The van der Waals surface area contributed by atoms with Gasteiger partial charge in [-0.1, -0.05) is 12.1 Å². The van der Waals surface area contributed by atoms with E-state index >= 15 is 0 Å². The maximum atomic E-state index is 10.7. The van der Waals surface area contributed by atoms with E-state index in [0.29, 0.717) is 19.8 Å². The molecule has 0 saturated heterocycles. The van der Waals surface area contributed by atoms with Gasteiger partial charge in [0.15, 0.2) is 0 Å². The van der Waals surface area contributed by atoms with Gasteiger partial charge in [-0.2, -0.15) is 0 Å². The molecule has 0 saturated carbocycles. The van der Waals surface area contributed by atoms with Crippen LogP contribution in [0.1, 0.15) is 29.8 Å². The molecule has 0 fully saturated rings. The first-order valence-corrected chi connectivity index (χ1v) is 5.61. The van der Waals surface area contributed by atoms with Gasteiger partial charge in [0.05, 0.1) is 31.5 Å². The summed E-state index contributed by atoms with van der Waals surface area (Å²) in [6.07, 6.45) is 0.203. The number of aromatic carboxylic acids is 1. The fourth-order valence-corrected chi connectivity index (χ4v) is 1.33. The van der Waals surface area contributed by atoms with Crippen molar-refractivity contribution in [1.82, 2.24) is 0 Å². The average Bonchev–Trinajstić information content (AvgIpc) is 2.28. The number of carboxylic acid groups (broad SMARTS) is 1. The minimum atomic E-state index is -0.921. The molecule has 0 unspecified atom stereocenters. The van der Waals surface area contributed by atoms with Crippen LogP contribution in [0.5, 0.6) is 0 Å². The smallest absolute Gasteiger partial charge is 0.335 e. The lowest BCUT2D eigenvalue weighted by Gasteiger charge is -2.08. The third kappa shape index (κ3) is 5.47. The van der Waals surface area contributed by atoms with Crippen LogP contribution >= 0.6 is 0 Å². The van der Waals surface area contributed by atoms with Gasteiger partial charge in [0.2, 0.25) is 0 Å². The number of ether oxygens (including phenoxy) is 2. The third-order valence-corrected chi connectivity index (χ3v) is 2.12. The number of hydrogen-bond acceptors (Lipinski definition) is 3. The first kappa shape index (κ1) is 13.7. The molecule has 0 bridgehead atoms. The maximum absolute atomic E-state index is 10.7. The molecule has 94 valence electrons. The Hall–Kier alpha value is -1.39. The van der Waals surface area contributed by atoms with E-state index < -0.39 is 5.97 Å². The van der Waals surface area contributed by atoms with Crippen molar-refractivity contribution in [3.05, 3.63) is 35.4 Å². The van der Waals surface area contributed by atoms with Crippen LogP contribution in [0.15, 0.2) is 24.3 Å². The Morgan fingerprint density at radius 2 is 2.12 bits per heavy atom. The van der Waals surface area contributed by atoms with Crippen molar-refractivity contribution in [2.24, 2.45) is 0 Å². The van der Waals surface area contributed by atoms with Crippen molar-refractivity contribution in [2.75, 3.05) is 13.2 Å². The molecular weight excluding hydrogens is 220 g/mol. The first-order valence-electron chi connectivity index (χ1n) is 5.61. The van der Waals surface area contributed by atoms with Crippen LogP contribution in [-0.2, 0) is 16.1 Å². The van der Waals surface area contributed by atoms with Crippen molar-refractivity contribution in [1.29, 1.82) is 0 Å². The number of carbonyl (C=O) groups is 1. The molecule has 1 N–H and O–H groups in total. The molecular formula is C13H18O4. The summed E-state index contributed by atoms with van der Waals surface area (Å²) >= 11 is 0. The standard InChI is InChI=1S/C13H18O4/c1-10(2)17-7-6-16-9-11-4-3-5-12(8-11)13(14)15/h3-5,8,10H,6-7,9H2,1-2H3,(H,14,15). The summed E-state index contributed by atoms with van der Waals surface area (Å²) in [5, 5.41) is 8.82. The highest BCUT2D eigenvalue weighted by molar-refractivity contribution is 5.87. The second kappa shape index (κ2) is 7.04. The molecule has 0 aliphatic rings. The predicted octanol–water partition coefficient (Wildman–Crippen LogP) is 2.33. The van der Waals surface area contributed by atoms with Crippen LogP contribution in [-0.4, -0.2) is 30.4 Å². The zero-order valence-electron chi connectivity index (χ0n) is 10.2. The van der Waals surface area contributed by atoms with Crippen LogP contribution in [0.3, 0.4) is 0 Å². The number of carboxylic acids is 1. The Balaban J connectivity index is 2.31. The molecule has 0 aliphatic heterocycles. The number of rotatable bonds is 7. The summed E-state index contributed by atoms with van der Waals surface area (Å²) in [6, 6.07) is 6.74. The fraction of sp³-hybridized carbons (Fsp3) is 0.462. The van der Waals surface area contributed by atoms with E-state index in [2.05, 4.69) is 0 Å². The topological polar surface area (TPSA) is 55.8 Å². The molecule has 0 amide bonds. The molecule has 17 heavy (non-hydrogen) atoms. The quantitative estimate of drug-likeness (QED) is 0.741. The molecule has 1 aromatic rings. The summed E-state index contributed by atoms with van der Waals surface area (Å²) in [7, 11) is 0. The highest BCUT2D eigenvalue weighted by Crippen LogP contribution is 2.06. The zero-order valence-corrected chi connectivity index (χ0v) is 10.2. The largest absolute Gasteiger partial charge is 0.478 e. The van der Waals surface area contributed by atoms with Crippen LogP contribution in [0.4, 0.5) is 0 Å². The van der Waals surface area contributed by atoms with Crippen molar-refractivity contribution in [3.8, 4) is 0 Å². The van der Waals surface area contributed by atoms with E-state index in [-0.39, 0.29) is 11.7 Å². The van der Waals surface area contributed by atoms with Gasteiger partial charge in [-0.3, -0.25) is 0 Å². The van der Waals surface area contributed by atoms with Gasteiger partial charge in [0, 0.05) is 0 Å². The molecule has 4 nitrogen and oxygen atoms in total. The molecule has 4 heteroatoms. The van der Waals surface area contributed by atoms with Crippen molar-refractivity contribution < 1.29 is 19.4 Å². The normalized spacial score (nSPS) is 10.8. The van der Waals surface area contributed by atoms with Gasteiger partial charge in [-0.05, 0) is 31.5 Å². The summed E-state index contributed by atoms with van der Waals surface area (Å²) < 4.78 is 10.7. The second-order valence-corrected chi connectivity index (χ2v) is 3.98. The van der Waals surface area contributed by atoms with E-state index in [1.54, 1.807) is 18.2 Å². The Labute approximate surface area is 101 Å². The summed E-state index contributed by atoms with van der Waals surface area (Å²) in [5.74, 6) is -0.921. The molecule has 0 radical (unpaired) electrons. The van der Waals surface area contributed by atoms with Crippen molar-refractivity contribution in [3.63, 3.8) is 0 Å². The van der Waals surface area contributed by atoms with Gasteiger partial charge < -0.3 is 14.6 Å². The highest BCUT2D eigenvalue weighted by atomic mass is 16.5. The van der Waals surface area contributed by atoms with Crippen LogP contribution in [0.25, 0.3) is 0 Å². The lowest BCUT2D eigenvalue weighted by atomic mass is 10.1. The Bertz CT molecular complexity index is 360. The maximum Gasteiger partial charge on any atom is 0.335 e. The predicted molar refractivity (Wildman–Crippen MR) is 64.1 cm³/mol. The fourth-order valence-electron chi connectivity index (χ4n) is 1.33. The molecule has 0 aromatic heterocycles. The van der Waals surface area contributed by atoms with Gasteiger partial charge in [0.25, 0.3) is 0 Å². The van der Waals surface area contributed by atoms with E-state index in [1.165, 1.54) is 0 Å². The number of benzene rings is 1. The molecule has 0 heterocycles. The highest BCUT2D eigenvalue weighted by Gasteiger charge is 2.03. The molecule has 1 rings (SSSR count). The Morgan fingerprint density at radius 1 is 1.35 bits per heavy atom. The SMILES string of the molecule is CC(C)OCCOCc1cccc(C(=O)O)c1. The van der Waals surface area contributed by atoms with Crippen LogP contribution < -0.4 is 0 Å².